The van der Waals surface area contributed by atoms with Crippen LogP contribution in [0.25, 0.3) is 0 Å². The number of carbonyl (C=O) groups is 3. The Balaban J connectivity index is 1.58. The molecular formula is C19H31N3O3. The molecule has 3 aliphatic rings. The van der Waals surface area contributed by atoms with E-state index in [1.165, 1.54) is 39.0 Å². The van der Waals surface area contributed by atoms with Gasteiger partial charge in [-0.25, -0.2) is 0 Å². The minimum Gasteiger partial charge on any atom is -0.347 e. The molecule has 0 bridgehead atoms. The Morgan fingerprint density at radius 3 is 2.60 bits per heavy atom. The number of carbonyl (C=O) groups excluding carboxylic acids is 3. The van der Waals surface area contributed by atoms with Gasteiger partial charge in [0.2, 0.25) is 17.7 Å². The van der Waals surface area contributed by atoms with Gasteiger partial charge in [0.1, 0.15) is 0 Å². The molecule has 6 heteroatoms. The molecule has 1 saturated carbocycles. The number of rotatable bonds is 4. The van der Waals surface area contributed by atoms with E-state index in [2.05, 4.69) is 10.2 Å². The van der Waals surface area contributed by atoms with Crippen molar-refractivity contribution < 1.29 is 14.4 Å². The minimum absolute atomic E-state index is 0.0331. The lowest BCUT2D eigenvalue weighted by atomic mass is 9.77. The van der Waals surface area contributed by atoms with Gasteiger partial charge in [0, 0.05) is 33.1 Å². The maximum Gasteiger partial charge on any atom is 0.241 e. The third kappa shape index (κ3) is 4.15. The monoisotopic (exact) mass is 349 g/mol. The Morgan fingerprint density at radius 1 is 1.12 bits per heavy atom. The average Bonchev–Trinajstić information content (AvgIpc) is 3.03. The average molecular weight is 349 g/mol. The van der Waals surface area contributed by atoms with Crippen LogP contribution >= 0.6 is 0 Å². The van der Waals surface area contributed by atoms with Crippen molar-refractivity contribution in [2.45, 2.75) is 58.3 Å². The first-order chi connectivity index (χ1) is 12.0. The van der Waals surface area contributed by atoms with E-state index in [0.717, 1.165) is 32.4 Å². The second-order valence-electron chi connectivity index (χ2n) is 8.11. The maximum absolute atomic E-state index is 13.2. The van der Waals surface area contributed by atoms with E-state index in [1.807, 2.05) is 0 Å². The predicted octanol–water partition coefficient (Wildman–Crippen LogP) is 1.54. The third-order valence-electron chi connectivity index (χ3n) is 6.22. The summed E-state index contributed by atoms with van der Waals surface area (Å²) in [6.07, 6.45) is 9.10. The van der Waals surface area contributed by atoms with Crippen molar-refractivity contribution in [2.75, 3.05) is 32.7 Å². The van der Waals surface area contributed by atoms with Gasteiger partial charge in [-0.15, -0.1) is 0 Å². The molecule has 25 heavy (non-hydrogen) atoms. The second kappa shape index (κ2) is 7.75. The van der Waals surface area contributed by atoms with Crippen molar-refractivity contribution in [3.8, 4) is 0 Å². The van der Waals surface area contributed by atoms with E-state index >= 15 is 0 Å². The van der Waals surface area contributed by atoms with E-state index in [-0.39, 0.29) is 29.7 Å². The van der Waals surface area contributed by atoms with Crippen LogP contribution in [0.1, 0.15) is 58.3 Å². The van der Waals surface area contributed by atoms with Gasteiger partial charge in [-0.1, -0.05) is 19.3 Å². The normalized spacial score (nSPS) is 27.8. The molecule has 2 saturated heterocycles. The van der Waals surface area contributed by atoms with Crippen molar-refractivity contribution in [1.82, 2.24) is 15.1 Å². The van der Waals surface area contributed by atoms with Crippen LogP contribution in [-0.2, 0) is 14.4 Å². The van der Waals surface area contributed by atoms with Crippen LogP contribution in [0.5, 0.6) is 0 Å². The fourth-order valence-corrected chi connectivity index (χ4v) is 4.78. The van der Waals surface area contributed by atoms with Gasteiger partial charge < -0.3 is 15.1 Å². The van der Waals surface area contributed by atoms with Crippen molar-refractivity contribution in [1.29, 1.82) is 0 Å². The summed E-state index contributed by atoms with van der Waals surface area (Å²) in [7, 11) is 0. The number of hydrogen-bond acceptors (Lipinski definition) is 3. The number of amides is 3. The molecule has 0 aromatic heterocycles. The summed E-state index contributed by atoms with van der Waals surface area (Å²) in [5, 5.41) is 2.56. The molecule has 6 nitrogen and oxygen atoms in total. The van der Waals surface area contributed by atoms with Crippen LogP contribution in [0.4, 0.5) is 0 Å². The van der Waals surface area contributed by atoms with Crippen molar-refractivity contribution in [3.05, 3.63) is 0 Å². The van der Waals surface area contributed by atoms with E-state index in [0.29, 0.717) is 19.0 Å². The van der Waals surface area contributed by atoms with Crippen LogP contribution in [0.2, 0.25) is 0 Å². The molecule has 2 aliphatic heterocycles. The van der Waals surface area contributed by atoms with E-state index in [1.54, 1.807) is 4.90 Å². The number of likely N-dealkylation sites (tertiary alicyclic amines) is 2. The molecule has 1 atom stereocenters. The molecule has 0 aromatic carbocycles. The van der Waals surface area contributed by atoms with Crippen LogP contribution in [0.3, 0.4) is 0 Å². The first kappa shape index (κ1) is 18.2. The summed E-state index contributed by atoms with van der Waals surface area (Å²) in [4.78, 5) is 40.3. The fourth-order valence-electron chi connectivity index (χ4n) is 4.78. The number of hydrogen-bond donors (Lipinski definition) is 1. The van der Waals surface area contributed by atoms with Gasteiger partial charge in [-0.3, -0.25) is 14.4 Å². The Hall–Kier alpha value is -1.59. The van der Waals surface area contributed by atoms with Crippen LogP contribution in [0.15, 0.2) is 0 Å². The SMILES string of the molecule is CC(=O)NCC(=O)N1CC[C@@]2(CCCN(CC3CCCCC3)C2=O)C1. The first-order valence-corrected chi connectivity index (χ1v) is 9.82. The topological polar surface area (TPSA) is 69.7 Å². The number of nitrogens with one attached hydrogen (secondary N) is 1. The van der Waals surface area contributed by atoms with Gasteiger partial charge in [-0.05, 0) is 38.0 Å². The number of piperidine rings is 1. The molecule has 0 radical (unpaired) electrons. The molecule has 1 aliphatic carbocycles. The quantitative estimate of drug-likeness (QED) is 0.837. The van der Waals surface area contributed by atoms with Crippen molar-refractivity contribution in [2.24, 2.45) is 11.3 Å². The van der Waals surface area contributed by atoms with Crippen LogP contribution in [0, 0.1) is 11.3 Å². The molecule has 0 unspecified atom stereocenters. The number of nitrogens with zero attached hydrogens (tertiary/aromatic N) is 2. The molecule has 2 heterocycles. The van der Waals surface area contributed by atoms with Gasteiger partial charge >= 0.3 is 0 Å². The Kier molecular flexibility index (Phi) is 5.64. The van der Waals surface area contributed by atoms with E-state index in [4.69, 9.17) is 0 Å². The van der Waals surface area contributed by atoms with Gasteiger partial charge in [0.15, 0.2) is 0 Å². The standard InChI is InChI=1S/C19H31N3O3/c1-15(23)20-12-17(24)22-11-9-19(14-22)8-5-10-21(18(19)25)13-16-6-3-2-4-7-16/h16H,2-14H2,1H3,(H,20,23)/t19-/m0/s1. The molecule has 3 rings (SSSR count). The lowest BCUT2D eigenvalue weighted by Crippen LogP contribution is -2.52. The molecule has 0 aromatic rings. The summed E-state index contributed by atoms with van der Waals surface area (Å²) in [5.41, 5.74) is -0.376. The fraction of sp³-hybridized carbons (Fsp3) is 0.842. The third-order valence-corrected chi connectivity index (χ3v) is 6.22. The zero-order valence-electron chi connectivity index (χ0n) is 15.4. The Bertz CT molecular complexity index is 530. The van der Waals surface area contributed by atoms with Crippen molar-refractivity contribution >= 4 is 17.7 Å². The van der Waals surface area contributed by atoms with Crippen LogP contribution < -0.4 is 5.32 Å². The molecule has 1 spiro atoms. The van der Waals surface area contributed by atoms with E-state index in [9.17, 15) is 14.4 Å². The molecule has 140 valence electrons. The smallest absolute Gasteiger partial charge is 0.241 e. The summed E-state index contributed by atoms with van der Waals surface area (Å²) < 4.78 is 0. The van der Waals surface area contributed by atoms with Gasteiger partial charge in [0.05, 0.1) is 12.0 Å². The summed E-state index contributed by atoms with van der Waals surface area (Å²) in [6, 6.07) is 0. The van der Waals surface area contributed by atoms with Crippen molar-refractivity contribution in [3.63, 3.8) is 0 Å². The lowest BCUT2D eigenvalue weighted by Gasteiger charge is -2.41. The largest absolute Gasteiger partial charge is 0.347 e. The highest BCUT2D eigenvalue weighted by molar-refractivity contribution is 5.87. The highest BCUT2D eigenvalue weighted by atomic mass is 16.2. The highest BCUT2D eigenvalue weighted by Crippen LogP contribution is 2.40. The molecular weight excluding hydrogens is 318 g/mol. The summed E-state index contributed by atoms with van der Waals surface area (Å²) >= 11 is 0. The lowest BCUT2D eigenvalue weighted by molar-refractivity contribution is -0.147. The zero-order valence-corrected chi connectivity index (χ0v) is 15.4. The summed E-state index contributed by atoms with van der Waals surface area (Å²) in [5.74, 6) is 0.643. The highest BCUT2D eigenvalue weighted by Gasteiger charge is 2.49. The molecule has 3 amide bonds. The minimum atomic E-state index is -0.376. The second-order valence-corrected chi connectivity index (χ2v) is 8.11. The zero-order chi connectivity index (χ0) is 17.9. The molecule has 3 fully saturated rings. The van der Waals surface area contributed by atoms with E-state index < -0.39 is 0 Å². The van der Waals surface area contributed by atoms with Gasteiger partial charge in [-0.2, -0.15) is 0 Å². The predicted molar refractivity (Wildman–Crippen MR) is 94.7 cm³/mol. The van der Waals surface area contributed by atoms with Crippen LogP contribution in [-0.4, -0.2) is 60.2 Å². The first-order valence-electron chi connectivity index (χ1n) is 9.82. The Labute approximate surface area is 150 Å². The Morgan fingerprint density at radius 2 is 1.88 bits per heavy atom. The molecule has 1 N–H and O–H groups in total. The van der Waals surface area contributed by atoms with Gasteiger partial charge in [0.25, 0.3) is 0 Å². The summed E-state index contributed by atoms with van der Waals surface area (Å²) in [6.45, 7) is 4.36. The maximum atomic E-state index is 13.2.